The molecule has 3 aromatic rings. The summed E-state index contributed by atoms with van der Waals surface area (Å²) < 4.78 is 41.5. The summed E-state index contributed by atoms with van der Waals surface area (Å²) in [6.07, 6.45) is -4.21. The minimum Gasteiger partial charge on any atom is -0.494 e. The number of aryl methyl sites for hydroxylation is 2. The molecule has 9 heteroatoms. The maximum Gasteiger partial charge on any atom is 0.416 e. The van der Waals surface area contributed by atoms with Gasteiger partial charge in [-0.05, 0) is 62.6 Å². The number of alkyl halides is 3. The number of aliphatic hydroxyl groups is 1. The summed E-state index contributed by atoms with van der Waals surface area (Å²) in [4.78, 5) is 11.8. The molecule has 0 unspecified atom stereocenters. The second-order valence-electron chi connectivity index (χ2n) is 7.67. The summed E-state index contributed by atoms with van der Waals surface area (Å²) in [5.74, 6) is -0.703. The molecule has 0 aliphatic carbocycles. The van der Waals surface area contributed by atoms with Crippen molar-refractivity contribution < 1.29 is 28.2 Å². The molecule has 0 aliphatic rings. The minimum absolute atomic E-state index is 0.0680. The third kappa shape index (κ3) is 4.77. The first-order valence-electron chi connectivity index (χ1n) is 10.0. The van der Waals surface area contributed by atoms with Gasteiger partial charge in [-0.25, -0.2) is 5.43 Å². The highest BCUT2D eigenvalue weighted by Crippen LogP contribution is 2.39. The number of aromatic hydroxyl groups is 1. The molecule has 0 aliphatic heterocycles. The predicted molar refractivity (Wildman–Crippen MR) is 116 cm³/mol. The lowest BCUT2D eigenvalue weighted by Gasteiger charge is -2.11. The van der Waals surface area contributed by atoms with Crippen molar-refractivity contribution in [3.8, 4) is 11.6 Å². The minimum atomic E-state index is -4.55. The molecule has 1 amide bonds. The zero-order valence-corrected chi connectivity index (χ0v) is 17.9. The van der Waals surface area contributed by atoms with E-state index in [1.54, 1.807) is 19.1 Å². The number of carbonyl (C=O) groups excluding carboxylic acids is 1. The zero-order chi connectivity index (χ0) is 23.6. The molecule has 6 nitrogen and oxygen atoms in total. The molecular weight excluding hydrogens is 423 g/mol. The topological polar surface area (TPSA) is 86.8 Å². The Hall–Kier alpha value is -3.33. The van der Waals surface area contributed by atoms with E-state index < -0.39 is 17.6 Å². The molecule has 1 aromatic heterocycles. The number of benzene rings is 2. The molecule has 0 fully saturated rings. The molecule has 0 saturated heterocycles. The normalized spacial score (nSPS) is 12.4. The van der Waals surface area contributed by atoms with Gasteiger partial charge in [0, 0.05) is 24.1 Å². The van der Waals surface area contributed by atoms with Crippen molar-refractivity contribution in [1.82, 2.24) is 9.99 Å². The van der Waals surface area contributed by atoms with Crippen molar-refractivity contribution in [2.45, 2.75) is 39.8 Å². The number of carbonyl (C=O) groups is 1. The number of aromatic nitrogens is 1. The van der Waals surface area contributed by atoms with Gasteiger partial charge in [0.25, 0.3) is 0 Å². The van der Waals surface area contributed by atoms with Crippen LogP contribution in [0.5, 0.6) is 5.88 Å². The quantitative estimate of drug-likeness (QED) is 0.382. The van der Waals surface area contributed by atoms with Gasteiger partial charge in [-0.3, -0.25) is 9.36 Å². The van der Waals surface area contributed by atoms with Gasteiger partial charge in [0.15, 0.2) is 0 Å². The van der Waals surface area contributed by atoms with Gasteiger partial charge < -0.3 is 10.2 Å². The van der Waals surface area contributed by atoms with Crippen LogP contribution in [0.1, 0.15) is 42.0 Å². The molecule has 170 valence electrons. The summed E-state index contributed by atoms with van der Waals surface area (Å²) in [6, 6.07) is 8.67. The molecule has 3 N–H and O–H groups in total. The van der Waals surface area contributed by atoms with Crippen LogP contribution in [0, 0.1) is 13.8 Å². The van der Waals surface area contributed by atoms with Crippen LogP contribution >= 0.6 is 0 Å². The SMILES string of the molecule is CC(=NNC(=O)CCCO)c1c(O)n(-c2cc(C)cc(C)c2)c2cc(C(F)(F)F)ccc12. The average molecular weight is 447 g/mol. The average Bonchev–Trinajstić information content (AvgIpc) is 3.00. The second-order valence-corrected chi connectivity index (χ2v) is 7.67. The number of aliphatic hydroxyl groups excluding tert-OH is 1. The molecule has 32 heavy (non-hydrogen) atoms. The van der Waals surface area contributed by atoms with Crippen LogP contribution in [-0.4, -0.2) is 33.0 Å². The molecule has 0 atom stereocenters. The molecule has 0 saturated carbocycles. The van der Waals surface area contributed by atoms with E-state index in [9.17, 15) is 23.1 Å². The van der Waals surface area contributed by atoms with E-state index in [4.69, 9.17) is 5.11 Å². The van der Waals surface area contributed by atoms with Crippen LogP contribution < -0.4 is 5.43 Å². The van der Waals surface area contributed by atoms with Crippen molar-refractivity contribution in [2.24, 2.45) is 5.10 Å². The van der Waals surface area contributed by atoms with Crippen LogP contribution in [-0.2, 0) is 11.0 Å². The first kappa shape index (κ1) is 23.3. The summed E-state index contributed by atoms with van der Waals surface area (Å²) in [5, 5.41) is 24.3. The summed E-state index contributed by atoms with van der Waals surface area (Å²) in [5.41, 5.74) is 4.40. The van der Waals surface area contributed by atoms with Crippen molar-refractivity contribution in [2.75, 3.05) is 6.61 Å². The number of halogens is 3. The van der Waals surface area contributed by atoms with Crippen molar-refractivity contribution >= 4 is 22.5 Å². The largest absolute Gasteiger partial charge is 0.494 e. The maximum absolute atomic E-state index is 13.4. The molecule has 1 heterocycles. The van der Waals surface area contributed by atoms with E-state index in [1.165, 1.54) is 10.6 Å². The number of hydrazone groups is 1. The molecular formula is C23H24F3N3O3. The summed E-state index contributed by atoms with van der Waals surface area (Å²) >= 11 is 0. The fourth-order valence-corrected chi connectivity index (χ4v) is 3.65. The Morgan fingerprint density at radius 3 is 2.38 bits per heavy atom. The van der Waals surface area contributed by atoms with Gasteiger partial charge in [-0.15, -0.1) is 0 Å². The zero-order valence-electron chi connectivity index (χ0n) is 17.9. The summed E-state index contributed by atoms with van der Waals surface area (Å²) in [7, 11) is 0. The lowest BCUT2D eigenvalue weighted by molar-refractivity contribution is -0.137. The van der Waals surface area contributed by atoms with E-state index in [1.807, 2.05) is 19.9 Å². The fourth-order valence-electron chi connectivity index (χ4n) is 3.65. The number of hydrogen-bond donors (Lipinski definition) is 3. The Morgan fingerprint density at radius 2 is 1.78 bits per heavy atom. The fraction of sp³-hybridized carbons (Fsp3) is 0.304. The highest BCUT2D eigenvalue weighted by molar-refractivity contribution is 6.13. The van der Waals surface area contributed by atoms with Crippen LogP contribution in [0.3, 0.4) is 0 Å². The number of nitrogens with zero attached hydrogens (tertiary/aromatic N) is 2. The van der Waals surface area contributed by atoms with Gasteiger partial charge in [-0.2, -0.15) is 18.3 Å². The van der Waals surface area contributed by atoms with Crippen LogP contribution in [0.25, 0.3) is 16.6 Å². The lowest BCUT2D eigenvalue weighted by Crippen LogP contribution is -2.19. The Kier molecular flexibility index (Phi) is 6.59. The molecule has 3 rings (SSSR count). The van der Waals surface area contributed by atoms with Gasteiger partial charge in [0.05, 0.1) is 22.4 Å². The van der Waals surface area contributed by atoms with Crippen molar-refractivity contribution in [3.63, 3.8) is 0 Å². The predicted octanol–water partition coefficient (Wildman–Crippen LogP) is 4.58. The lowest BCUT2D eigenvalue weighted by atomic mass is 10.1. The smallest absolute Gasteiger partial charge is 0.416 e. The van der Waals surface area contributed by atoms with Crippen LogP contribution in [0.15, 0.2) is 41.5 Å². The van der Waals surface area contributed by atoms with E-state index in [0.717, 1.165) is 23.3 Å². The Labute approximate surface area is 183 Å². The third-order valence-corrected chi connectivity index (χ3v) is 5.01. The standard InChI is InChI=1S/C23H24F3N3O3/c1-13-9-14(2)11-17(10-13)29-19-12-16(23(24,25)26)6-7-18(19)21(22(29)32)15(3)27-28-20(31)5-4-8-30/h6-7,9-12,30,32H,4-5,8H2,1-3H3,(H,28,31). The first-order chi connectivity index (χ1) is 15.0. The molecule has 0 radical (unpaired) electrons. The Bertz CT molecular complexity index is 1180. The Morgan fingerprint density at radius 1 is 1.12 bits per heavy atom. The van der Waals surface area contributed by atoms with Gasteiger partial charge in [-0.1, -0.05) is 12.1 Å². The maximum atomic E-state index is 13.4. The van der Waals surface area contributed by atoms with Gasteiger partial charge >= 0.3 is 6.18 Å². The molecule has 0 spiro atoms. The number of amides is 1. The summed E-state index contributed by atoms with van der Waals surface area (Å²) in [6.45, 7) is 5.12. The third-order valence-electron chi connectivity index (χ3n) is 5.01. The van der Waals surface area contributed by atoms with E-state index in [-0.39, 0.29) is 42.1 Å². The Balaban J connectivity index is 2.21. The highest BCUT2D eigenvalue weighted by atomic mass is 19.4. The molecule has 0 bridgehead atoms. The van der Waals surface area contributed by atoms with Crippen LogP contribution in [0.2, 0.25) is 0 Å². The van der Waals surface area contributed by atoms with Gasteiger partial charge in [0.1, 0.15) is 0 Å². The number of hydrogen-bond acceptors (Lipinski definition) is 4. The van der Waals surface area contributed by atoms with E-state index in [2.05, 4.69) is 10.5 Å². The van der Waals surface area contributed by atoms with Crippen molar-refractivity contribution in [3.05, 3.63) is 58.7 Å². The first-order valence-corrected chi connectivity index (χ1v) is 10.0. The number of nitrogens with one attached hydrogen (secondary N) is 1. The number of rotatable bonds is 6. The van der Waals surface area contributed by atoms with Crippen molar-refractivity contribution in [1.29, 1.82) is 0 Å². The van der Waals surface area contributed by atoms with Gasteiger partial charge in [0.2, 0.25) is 11.8 Å². The second kappa shape index (κ2) is 9.04. The number of fused-ring (bicyclic) bond motifs is 1. The monoisotopic (exact) mass is 447 g/mol. The van der Waals surface area contributed by atoms with Crippen LogP contribution in [0.4, 0.5) is 13.2 Å². The highest BCUT2D eigenvalue weighted by Gasteiger charge is 2.32. The van der Waals surface area contributed by atoms with E-state index in [0.29, 0.717) is 11.1 Å². The molecule has 2 aromatic carbocycles. The van der Waals surface area contributed by atoms with E-state index >= 15 is 0 Å².